The molecule has 0 unspecified atom stereocenters. The minimum atomic E-state index is -0.236. The summed E-state index contributed by atoms with van der Waals surface area (Å²) in [7, 11) is 1.58. The number of anilines is 1. The maximum atomic E-state index is 11.9. The number of benzene rings is 2. The molecular formula is C18H18ClNO3. The standard InChI is InChI=1S/C18H18ClNO3/c1-3-23-16-9-7-13(11-17(16)22-2)8-10-18(21)20-15-6-4-5-14(19)12-15/h4-12H,3H2,1-2H3,(H,20,21)/b10-8+. The van der Waals surface area contributed by atoms with Crippen molar-refractivity contribution in [2.24, 2.45) is 0 Å². The van der Waals surface area contributed by atoms with Crippen LogP contribution >= 0.6 is 11.6 Å². The minimum absolute atomic E-state index is 0.236. The summed E-state index contributed by atoms with van der Waals surface area (Å²) in [5.74, 6) is 1.07. The number of methoxy groups -OCH3 is 1. The molecule has 0 radical (unpaired) electrons. The number of nitrogens with one attached hydrogen (secondary N) is 1. The Morgan fingerprint density at radius 2 is 2.04 bits per heavy atom. The van der Waals surface area contributed by atoms with E-state index in [2.05, 4.69) is 5.32 Å². The number of carbonyl (C=O) groups is 1. The molecule has 1 amide bonds. The number of carbonyl (C=O) groups excluding carboxylic acids is 1. The van der Waals surface area contributed by atoms with Crippen LogP contribution in [0, 0.1) is 0 Å². The van der Waals surface area contributed by atoms with E-state index in [4.69, 9.17) is 21.1 Å². The van der Waals surface area contributed by atoms with Crippen molar-refractivity contribution in [2.45, 2.75) is 6.92 Å². The van der Waals surface area contributed by atoms with E-state index in [0.29, 0.717) is 28.8 Å². The van der Waals surface area contributed by atoms with Crippen LogP contribution in [0.4, 0.5) is 5.69 Å². The molecule has 0 saturated carbocycles. The van der Waals surface area contributed by atoms with Gasteiger partial charge in [0.2, 0.25) is 5.91 Å². The molecule has 23 heavy (non-hydrogen) atoms. The molecule has 2 aromatic rings. The van der Waals surface area contributed by atoms with Crippen molar-refractivity contribution in [2.75, 3.05) is 19.0 Å². The van der Waals surface area contributed by atoms with Gasteiger partial charge in [-0.15, -0.1) is 0 Å². The normalized spacial score (nSPS) is 10.6. The average molecular weight is 332 g/mol. The molecule has 0 aromatic heterocycles. The van der Waals surface area contributed by atoms with Crippen LogP contribution in [0.3, 0.4) is 0 Å². The lowest BCUT2D eigenvalue weighted by Gasteiger charge is -2.09. The zero-order valence-corrected chi connectivity index (χ0v) is 13.8. The lowest BCUT2D eigenvalue weighted by molar-refractivity contribution is -0.111. The Morgan fingerprint density at radius 1 is 1.22 bits per heavy atom. The Morgan fingerprint density at radius 3 is 2.74 bits per heavy atom. The lowest BCUT2D eigenvalue weighted by Crippen LogP contribution is -2.07. The molecule has 0 aliphatic heterocycles. The van der Waals surface area contributed by atoms with Gasteiger partial charge in [0.25, 0.3) is 0 Å². The van der Waals surface area contributed by atoms with Crippen LogP contribution in [0.25, 0.3) is 6.08 Å². The molecule has 0 fully saturated rings. The fourth-order valence-corrected chi connectivity index (χ4v) is 2.17. The Labute approximate surface area is 140 Å². The summed E-state index contributed by atoms with van der Waals surface area (Å²) in [6.45, 7) is 2.47. The van der Waals surface area contributed by atoms with E-state index < -0.39 is 0 Å². The number of halogens is 1. The van der Waals surface area contributed by atoms with Crippen LogP contribution in [-0.2, 0) is 4.79 Å². The number of rotatable bonds is 6. The molecule has 1 N–H and O–H groups in total. The van der Waals surface area contributed by atoms with Gasteiger partial charge in [0.15, 0.2) is 11.5 Å². The van der Waals surface area contributed by atoms with Crippen molar-refractivity contribution in [1.29, 1.82) is 0 Å². The van der Waals surface area contributed by atoms with Crippen LogP contribution in [0.2, 0.25) is 5.02 Å². The van der Waals surface area contributed by atoms with Crippen molar-refractivity contribution >= 4 is 29.3 Å². The third-order valence-corrected chi connectivity index (χ3v) is 3.24. The summed E-state index contributed by atoms with van der Waals surface area (Å²) >= 11 is 5.88. The smallest absolute Gasteiger partial charge is 0.248 e. The first-order valence-electron chi connectivity index (χ1n) is 7.18. The third kappa shape index (κ3) is 5.04. The molecule has 5 heteroatoms. The zero-order valence-electron chi connectivity index (χ0n) is 13.0. The van der Waals surface area contributed by atoms with E-state index in [-0.39, 0.29) is 5.91 Å². The fourth-order valence-electron chi connectivity index (χ4n) is 1.98. The van der Waals surface area contributed by atoms with Crippen molar-refractivity contribution in [1.82, 2.24) is 0 Å². The summed E-state index contributed by atoms with van der Waals surface area (Å²) in [5.41, 5.74) is 1.49. The highest BCUT2D eigenvalue weighted by molar-refractivity contribution is 6.30. The predicted molar refractivity (Wildman–Crippen MR) is 93.3 cm³/mol. The van der Waals surface area contributed by atoms with Gasteiger partial charge in [-0.3, -0.25) is 4.79 Å². The second-order valence-electron chi connectivity index (χ2n) is 4.68. The Balaban J connectivity index is 2.05. The molecule has 0 saturated heterocycles. The molecule has 2 aromatic carbocycles. The lowest BCUT2D eigenvalue weighted by atomic mass is 10.2. The molecule has 0 spiro atoms. The van der Waals surface area contributed by atoms with Crippen molar-refractivity contribution in [3.05, 3.63) is 59.1 Å². The molecular weight excluding hydrogens is 314 g/mol. The van der Waals surface area contributed by atoms with E-state index in [0.717, 1.165) is 5.56 Å². The first kappa shape index (κ1) is 16.9. The van der Waals surface area contributed by atoms with Gasteiger partial charge in [-0.25, -0.2) is 0 Å². The maximum Gasteiger partial charge on any atom is 0.248 e. The topological polar surface area (TPSA) is 47.6 Å². The maximum absolute atomic E-state index is 11.9. The van der Waals surface area contributed by atoms with Gasteiger partial charge in [-0.1, -0.05) is 23.7 Å². The molecule has 0 heterocycles. The fraction of sp³-hybridized carbons (Fsp3) is 0.167. The zero-order chi connectivity index (χ0) is 16.7. The van der Waals surface area contributed by atoms with Crippen LogP contribution in [0.15, 0.2) is 48.5 Å². The molecule has 120 valence electrons. The highest BCUT2D eigenvalue weighted by atomic mass is 35.5. The summed E-state index contributed by atoms with van der Waals surface area (Å²) < 4.78 is 10.7. The average Bonchev–Trinajstić information content (AvgIpc) is 2.54. The number of hydrogen-bond donors (Lipinski definition) is 1. The van der Waals surface area contributed by atoms with Gasteiger partial charge in [-0.05, 0) is 48.9 Å². The van der Waals surface area contributed by atoms with Crippen LogP contribution < -0.4 is 14.8 Å². The molecule has 0 atom stereocenters. The Bertz CT molecular complexity index is 713. The second-order valence-corrected chi connectivity index (χ2v) is 5.11. The Kier molecular flexibility index (Phi) is 6.06. The Hall–Kier alpha value is -2.46. The van der Waals surface area contributed by atoms with Crippen LogP contribution in [0.5, 0.6) is 11.5 Å². The molecule has 0 aliphatic carbocycles. The first-order chi connectivity index (χ1) is 11.1. The predicted octanol–water partition coefficient (Wildman–Crippen LogP) is 4.40. The largest absolute Gasteiger partial charge is 0.493 e. The SMILES string of the molecule is CCOc1ccc(/C=C/C(=O)Nc2cccc(Cl)c2)cc1OC. The highest BCUT2D eigenvalue weighted by Crippen LogP contribution is 2.28. The van der Waals surface area contributed by atoms with Crippen molar-refractivity contribution < 1.29 is 14.3 Å². The third-order valence-electron chi connectivity index (χ3n) is 3.01. The number of ether oxygens (including phenoxy) is 2. The molecule has 4 nitrogen and oxygen atoms in total. The monoisotopic (exact) mass is 331 g/mol. The van der Waals surface area contributed by atoms with Gasteiger partial charge in [0.05, 0.1) is 13.7 Å². The van der Waals surface area contributed by atoms with Crippen molar-refractivity contribution in [3.8, 4) is 11.5 Å². The minimum Gasteiger partial charge on any atom is -0.493 e. The summed E-state index contributed by atoms with van der Waals surface area (Å²) in [6, 6.07) is 12.5. The summed E-state index contributed by atoms with van der Waals surface area (Å²) in [5, 5.41) is 3.32. The highest BCUT2D eigenvalue weighted by Gasteiger charge is 2.04. The summed E-state index contributed by atoms with van der Waals surface area (Å²) in [4.78, 5) is 11.9. The molecule has 0 bridgehead atoms. The van der Waals surface area contributed by atoms with Gasteiger partial charge in [0, 0.05) is 16.8 Å². The van der Waals surface area contributed by atoms with E-state index >= 15 is 0 Å². The van der Waals surface area contributed by atoms with E-state index in [1.54, 1.807) is 37.5 Å². The van der Waals surface area contributed by atoms with Gasteiger partial charge < -0.3 is 14.8 Å². The van der Waals surface area contributed by atoms with E-state index in [1.165, 1.54) is 6.08 Å². The molecule has 2 rings (SSSR count). The number of hydrogen-bond acceptors (Lipinski definition) is 3. The molecule has 0 aliphatic rings. The van der Waals surface area contributed by atoms with Gasteiger partial charge in [0.1, 0.15) is 0 Å². The summed E-state index contributed by atoms with van der Waals surface area (Å²) in [6.07, 6.45) is 3.16. The first-order valence-corrected chi connectivity index (χ1v) is 7.55. The van der Waals surface area contributed by atoms with Gasteiger partial charge >= 0.3 is 0 Å². The van der Waals surface area contributed by atoms with E-state index in [1.807, 2.05) is 25.1 Å². The van der Waals surface area contributed by atoms with Crippen LogP contribution in [-0.4, -0.2) is 19.6 Å². The van der Waals surface area contributed by atoms with E-state index in [9.17, 15) is 4.79 Å². The van der Waals surface area contributed by atoms with Gasteiger partial charge in [-0.2, -0.15) is 0 Å². The second kappa shape index (κ2) is 8.25. The van der Waals surface area contributed by atoms with Crippen LogP contribution in [0.1, 0.15) is 12.5 Å². The number of amides is 1. The quantitative estimate of drug-likeness (QED) is 0.798. The van der Waals surface area contributed by atoms with Crippen molar-refractivity contribution in [3.63, 3.8) is 0 Å².